The Morgan fingerprint density at radius 1 is 1.21 bits per heavy atom. The number of amides is 3. The fourth-order valence-corrected chi connectivity index (χ4v) is 3.82. The highest BCUT2D eigenvalue weighted by molar-refractivity contribution is 5.91. The number of rotatable bonds is 5. The molecule has 0 saturated carbocycles. The molecule has 1 aromatic rings. The third-order valence-electron chi connectivity index (χ3n) is 5.12. The van der Waals surface area contributed by atoms with Crippen LogP contribution < -0.4 is 16.0 Å². The molecule has 3 amide bonds. The lowest BCUT2D eigenvalue weighted by Crippen LogP contribution is -2.56. The van der Waals surface area contributed by atoms with Gasteiger partial charge >= 0.3 is 6.03 Å². The summed E-state index contributed by atoms with van der Waals surface area (Å²) in [4.78, 5) is 26.2. The predicted octanol–water partition coefficient (Wildman–Crippen LogP) is 1.32. The molecule has 0 unspecified atom stereocenters. The second-order valence-electron chi connectivity index (χ2n) is 6.71. The van der Waals surface area contributed by atoms with Crippen molar-refractivity contribution in [3.05, 3.63) is 24.2 Å². The van der Waals surface area contributed by atoms with Gasteiger partial charge in [0.15, 0.2) is 5.76 Å². The van der Waals surface area contributed by atoms with Gasteiger partial charge in [0.2, 0.25) is 0 Å². The minimum Gasteiger partial charge on any atom is -0.459 e. The van der Waals surface area contributed by atoms with E-state index in [9.17, 15) is 9.59 Å². The minimum atomic E-state index is -0.273. The summed E-state index contributed by atoms with van der Waals surface area (Å²) in [6, 6.07) is 4.54. The van der Waals surface area contributed by atoms with Crippen LogP contribution in [-0.4, -0.2) is 55.1 Å². The number of piperidine rings is 2. The standard InChI is InChI=1S/C17H26N4O3/c1-21-13-4-2-5-14(21)11-12(10-13)20-17(23)19-8-7-18-16(22)15-6-3-9-24-15/h3,6,9,12-14H,2,4-5,7-8,10-11H2,1H3,(H,18,22)(H2,19,20,23)/t13-,14-/m0/s1. The highest BCUT2D eigenvalue weighted by Crippen LogP contribution is 2.32. The van der Waals surface area contributed by atoms with E-state index in [0.29, 0.717) is 25.2 Å². The molecule has 2 bridgehead atoms. The number of urea groups is 1. The molecule has 0 spiro atoms. The Morgan fingerprint density at radius 3 is 2.58 bits per heavy atom. The summed E-state index contributed by atoms with van der Waals surface area (Å²) in [5, 5.41) is 8.57. The van der Waals surface area contributed by atoms with Crippen LogP contribution in [0.5, 0.6) is 0 Å². The van der Waals surface area contributed by atoms with Crippen LogP contribution in [0.3, 0.4) is 0 Å². The molecule has 132 valence electrons. The van der Waals surface area contributed by atoms with Crippen LogP contribution >= 0.6 is 0 Å². The van der Waals surface area contributed by atoms with Gasteiger partial charge in [0.05, 0.1) is 6.26 Å². The van der Waals surface area contributed by atoms with Crippen molar-refractivity contribution in [3.8, 4) is 0 Å². The van der Waals surface area contributed by atoms with Crippen molar-refractivity contribution in [1.29, 1.82) is 0 Å². The highest BCUT2D eigenvalue weighted by Gasteiger charge is 2.36. The van der Waals surface area contributed by atoms with Gasteiger partial charge in [-0.05, 0) is 44.9 Å². The van der Waals surface area contributed by atoms with E-state index in [4.69, 9.17) is 4.42 Å². The van der Waals surface area contributed by atoms with Gasteiger partial charge in [-0.2, -0.15) is 0 Å². The summed E-state index contributed by atoms with van der Waals surface area (Å²) in [6.45, 7) is 0.753. The van der Waals surface area contributed by atoms with Gasteiger partial charge in [0.1, 0.15) is 0 Å². The van der Waals surface area contributed by atoms with Crippen LogP contribution in [0.25, 0.3) is 0 Å². The van der Waals surface area contributed by atoms with Crippen LogP contribution in [-0.2, 0) is 0 Å². The van der Waals surface area contributed by atoms with Crippen molar-refractivity contribution in [2.45, 2.75) is 50.2 Å². The van der Waals surface area contributed by atoms with Crippen molar-refractivity contribution in [2.24, 2.45) is 0 Å². The van der Waals surface area contributed by atoms with Gasteiger partial charge in [0.25, 0.3) is 5.91 Å². The summed E-state index contributed by atoms with van der Waals surface area (Å²) in [5.74, 6) is 0.00247. The van der Waals surface area contributed by atoms with Crippen molar-refractivity contribution >= 4 is 11.9 Å². The van der Waals surface area contributed by atoms with Crippen LogP contribution in [0.1, 0.15) is 42.7 Å². The van der Waals surface area contributed by atoms with Gasteiger partial charge in [-0.15, -0.1) is 0 Å². The third kappa shape index (κ3) is 4.08. The molecule has 3 N–H and O–H groups in total. The molecule has 24 heavy (non-hydrogen) atoms. The second kappa shape index (κ2) is 7.70. The maximum absolute atomic E-state index is 12.0. The average molecular weight is 334 g/mol. The second-order valence-corrected chi connectivity index (χ2v) is 6.71. The summed E-state index contributed by atoms with van der Waals surface area (Å²) < 4.78 is 5.00. The number of carbonyl (C=O) groups is 2. The summed E-state index contributed by atoms with van der Waals surface area (Å²) in [7, 11) is 2.20. The third-order valence-corrected chi connectivity index (χ3v) is 5.12. The molecule has 2 aliphatic rings. The number of carbonyl (C=O) groups excluding carboxylic acids is 2. The molecular formula is C17H26N4O3. The van der Waals surface area contributed by atoms with E-state index in [2.05, 4.69) is 27.9 Å². The molecule has 2 aliphatic heterocycles. The maximum atomic E-state index is 12.0. The van der Waals surface area contributed by atoms with E-state index in [0.717, 1.165) is 12.8 Å². The fraction of sp³-hybridized carbons (Fsp3) is 0.647. The fourth-order valence-electron chi connectivity index (χ4n) is 3.82. The zero-order chi connectivity index (χ0) is 16.9. The van der Waals surface area contributed by atoms with Gasteiger partial charge in [0, 0.05) is 31.2 Å². The van der Waals surface area contributed by atoms with Crippen LogP contribution in [0.2, 0.25) is 0 Å². The van der Waals surface area contributed by atoms with Crippen molar-refractivity contribution in [2.75, 3.05) is 20.1 Å². The first kappa shape index (κ1) is 16.8. The number of nitrogens with one attached hydrogen (secondary N) is 3. The molecule has 0 aromatic carbocycles. The van der Waals surface area contributed by atoms with Gasteiger partial charge < -0.3 is 25.3 Å². The largest absolute Gasteiger partial charge is 0.459 e. The van der Waals surface area contributed by atoms with Crippen molar-refractivity contribution in [3.63, 3.8) is 0 Å². The molecule has 2 atom stereocenters. The Hall–Kier alpha value is -2.02. The van der Waals surface area contributed by atoms with Gasteiger partial charge in [-0.3, -0.25) is 4.79 Å². The normalized spacial score (nSPS) is 26.6. The number of hydrogen-bond donors (Lipinski definition) is 3. The summed E-state index contributed by atoms with van der Waals surface area (Å²) >= 11 is 0. The van der Waals surface area contributed by atoms with Crippen molar-refractivity contribution in [1.82, 2.24) is 20.9 Å². The lowest BCUT2D eigenvalue weighted by molar-refractivity contribution is 0.0509. The Balaban J connectivity index is 1.33. The van der Waals surface area contributed by atoms with Crippen LogP contribution in [0.4, 0.5) is 4.79 Å². The monoisotopic (exact) mass is 334 g/mol. The highest BCUT2D eigenvalue weighted by atomic mass is 16.3. The zero-order valence-corrected chi connectivity index (χ0v) is 14.1. The Morgan fingerprint density at radius 2 is 1.92 bits per heavy atom. The van der Waals surface area contributed by atoms with E-state index in [1.165, 1.54) is 25.5 Å². The molecular weight excluding hydrogens is 308 g/mol. The first-order valence-electron chi connectivity index (χ1n) is 8.71. The van der Waals surface area contributed by atoms with E-state index in [-0.39, 0.29) is 23.7 Å². The Bertz CT molecular complexity index is 546. The Labute approximate surface area is 142 Å². The molecule has 3 rings (SSSR count). The number of hydrogen-bond acceptors (Lipinski definition) is 4. The smallest absolute Gasteiger partial charge is 0.315 e. The van der Waals surface area contributed by atoms with Crippen LogP contribution in [0.15, 0.2) is 22.8 Å². The van der Waals surface area contributed by atoms with Gasteiger partial charge in [-0.1, -0.05) is 6.42 Å². The lowest BCUT2D eigenvalue weighted by atomic mass is 9.82. The van der Waals surface area contributed by atoms with E-state index in [1.807, 2.05) is 0 Å². The molecule has 2 fully saturated rings. The lowest BCUT2D eigenvalue weighted by Gasteiger charge is -2.47. The molecule has 0 aliphatic carbocycles. The topological polar surface area (TPSA) is 86.6 Å². The average Bonchev–Trinajstić information content (AvgIpc) is 3.07. The molecule has 2 saturated heterocycles. The van der Waals surface area contributed by atoms with E-state index in [1.54, 1.807) is 12.1 Å². The number of furan rings is 1. The summed E-state index contributed by atoms with van der Waals surface area (Å²) in [6.07, 6.45) is 7.26. The zero-order valence-electron chi connectivity index (χ0n) is 14.1. The Kier molecular flexibility index (Phi) is 5.40. The first-order valence-corrected chi connectivity index (χ1v) is 8.71. The van der Waals surface area contributed by atoms with Gasteiger partial charge in [-0.25, -0.2) is 4.79 Å². The molecule has 7 heteroatoms. The summed E-state index contributed by atoms with van der Waals surface area (Å²) in [5.41, 5.74) is 0. The predicted molar refractivity (Wildman–Crippen MR) is 89.8 cm³/mol. The molecule has 1 aromatic heterocycles. The van der Waals surface area contributed by atoms with E-state index < -0.39 is 0 Å². The van der Waals surface area contributed by atoms with Crippen LogP contribution in [0, 0.1) is 0 Å². The SMILES string of the molecule is CN1[C@H]2CCC[C@H]1CC(NC(=O)NCCNC(=O)c1ccco1)C2. The number of nitrogens with zero attached hydrogens (tertiary/aromatic N) is 1. The quantitative estimate of drug-likeness (QED) is 0.709. The van der Waals surface area contributed by atoms with Crippen molar-refractivity contribution < 1.29 is 14.0 Å². The first-order chi connectivity index (χ1) is 11.6. The molecule has 3 heterocycles. The minimum absolute atomic E-state index is 0.158. The maximum Gasteiger partial charge on any atom is 0.315 e. The molecule has 0 radical (unpaired) electrons. The number of fused-ring (bicyclic) bond motifs is 2. The van der Waals surface area contributed by atoms with E-state index >= 15 is 0 Å². The molecule has 7 nitrogen and oxygen atoms in total.